The van der Waals surface area contributed by atoms with Crippen LogP contribution in [0.4, 0.5) is 0 Å². The van der Waals surface area contributed by atoms with Crippen LogP contribution in [0.25, 0.3) is 0 Å². The molecular formula is C18H31N5O6S. The topological polar surface area (TPSA) is 155 Å². The molecular weight excluding hydrogens is 414 g/mol. The first-order valence-corrected chi connectivity index (χ1v) is 11.1. The summed E-state index contributed by atoms with van der Waals surface area (Å²) in [5.74, 6) is -1.77. The van der Waals surface area contributed by atoms with E-state index in [2.05, 4.69) is 31.3 Å². The quantitative estimate of drug-likeness (QED) is 0.214. The number of thioether (sulfide) groups is 1. The summed E-state index contributed by atoms with van der Waals surface area (Å²) in [5, 5.41) is 13.1. The highest BCUT2D eigenvalue weighted by molar-refractivity contribution is 7.98. The van der Waals surface area contributed by atoms with Gasteiger partial charge in [-0.05, 0) is 44.7 Å². The van der Waals surface area contributed by atoms with Gasteiger partial charge in [-0.2, -0.15) is 11.8 Å². The highest BCUT2D eigenvalue weighted by Gasteiger charge is 2.28. The second-order valence-electron chi connectivity index (χ2n) is 6.79. The number of carbonyl (C=O) groups excluding carboxylic acids is 5. The van der Waals surface area contributed by atoms with Crippen LogP contribution in [0.5, 0.6) is 0 Å². The van der Waals surface area contributed by atoms with Gasteiger partial charge in [0.2, 0.25) is 23.6 Å². The molecule has 1 aliphatic rings. The van der Waals surface area contributed by atoms with Crippen LogP contribution < -0.4 is 26.6 Å². The van der Waals surface area contributed by atoms with Gasteiger partial charge in [0.15, 0.2) is 0 Å². The Morgan fingerprint density at radius 2 is 1.83 bits per heavy atom. The number of ether oxygens (including phenoxy) is 1. The fourth-order valence-corrected chi connectivity index (χ4v) is 3.16. The summed E-state index contributed by atoms with van der Waals surface area (Å²) in [5.41, 5.74) is 0. The maximum atomic E-state index is 12.6. The lowest BCUT2D eigenvalue weighted by Gasteiger charge is -2.22. The minimum Gasteiger partial charge on any atom is -0.468 e. The Hall–Kier alpha value is -2.34. The van der Waals surface area contributed by atoms with E-state index in [1.807, 2.05) is 6.26 Å². The summed E-state index contributed by atoms with van der Waals surface area (Å²) < 4.78 is 4.39. The maximum absolute atomic E-state index is 12.6. The Kier molecular flexibility index (Phi) is 11.8. The van der Waals surface area contributed by atoms with E-state index >= 15 is 0 Å². The lowest BCUT2D eigenvalue weighted by Crippen LogP contribution is -2.55. The van der Waals surface area contributed by atoms with Crippen LogP contribution in [0.3, 0.4) is 0 Å². The normalized spacial score (nSPS) is 17.4. The number of carbonyl (C=O) groups is 5. The van der Waals surface area contributed by atoms with Gasteiger partial charge in [-0.15, -0.1) is 0 Å². The minimum absolute atomic E-state index is 0.229. The van der Waals surface area contributed by atoms with Gasteiger partial charge in [-0.1, -0.05) is 0 Å². The summed E-state index contributed by atoms with van der Waals surface area (Å²) in [7, 11) is 1.19. The zero-order valence-electron chi connectivity index (χ0n) is 17.5. The maximum Gasteiger partial charge on any atom is 0.325 e. The Morgan fingerprint density at radius 1 is 1.10 bits per heavy atom. The number of nitrogens with one attached hydrogen (secondary N) is 5. The molecule has 0 radical (unpaired) electrons. The molecule has 0 saturated carbocycles. The summed E-state index contributed by atoms with van der Waals surface area (Å²) in [4.78, 5) is 59.7. The summed E-state index contributed by atoms with van der Waals surface area (Å²) in [6, 6.07) is -1.98. The third-order valence-corrected chi connectivity index (χ3v) is 5.10. The first kappa shape index (κ1) is 25.7. The second-order valence-corrected chi connectivity index (χ2v) is 7.78. The van der Waals surface area contributed by atoms with Gasteiger partial charge in [0.1, 0.15) is 18.6 Å². The van der Waals surface area contributed by atoms with Crippen molar-refractivity contribution in [3.63, 3.8) is 0 Å². The van der Waals surface area contributed by atoms with Crippen molar-refractivity contribution < 1.29 is 28.7 Å². The van der Waals surface area contributed by atoms with Crippen molar-refractivity contribution in [3.05, 3.63) is 0 Å². The predicted octanol–water partition coefficient (Wildman–Crippen LogP) is -2.11. The van der Waals surface area contributed by atoms with E-state index in [0.717, 1.165) is 19.4 Å². The molecule has 0 aromatic carbocycles. The Labute approximate surface area is 180 Å². The molecule has 1 aliphatic heterocycles. The van der Waals surface area contributed by atoms with E-state index in [4.69, 9.17) is 0 Å². The first-order chi connectivity index (χ1) is 14.3. The first-order valence-electron chi connectivity index (χ1n) is 9.72. The third kappa shape index (κ3) is 9.44. The van der Waals surface area contributed by atoms with Gasteiger partial charge in [-0.3, -0.25) is 24.0 Å². The number of methoxy groups -OCH3 is 1. The van der Waals surface area contributed by atoms with E-state index in [-0.39, 0.29) is 25.0 Å². The minimum atomic E-state index is -0.913. The van der Waals surface area contributed by atoms with Crippen LogP contribution in [0.15, 0.2) is 0 Å². The van der Waals surface area contributed by atoms with Crippen molar-refractivity contribution in [3.8, 4) is 0 Å². The van der Waals surface area contributed by atoms with Crippen molar-refractivity contribution in [2.75, 3.05) is 38.8 Å². The van der Waals surface area contributed by atoms with Crippen LogP contribution in [0, 0.1) is 0 Å². The Balaban J connectivity index is 2.49. The molecule has 5 N–H and O–H groups in total. The van der Waals surface area contributed by atoms with Gasteiger partial charge in [0.25, 0.3) is 0 Å². The van der Waals surface area contributed by atoms with Crippen LogP contribution in [-0.2, 0) is 28.7 Å². The van der Waals surface area contributed by atoms with E-state index in [0.29, 0.717) is 12.2 Å². The monoisotopic (exact) mass is 445 g/mol. The molecule has 30 heavy (non-hydrogen) atoms. The molecule has 1 heterocycles. The van der Waals surface area contributed by atoms with Crippen molar-refractivity contribution in [1.29, 1.82) is 0 Å². The van der Waals surface area contributed by atoms with Gasteiger partial charge >= 0.3 is 5.97 Å². The van der Waals surface area contributed by atoms with E-state index in [1.165, 1.54) is 14.0 Å². The Morgan fingerprint density at radius 3 is 2.43 bits per heavy atom. The molecule has 12 heteroatoms. The third-order valence-electron chi connectivity index (χ3n) is 4.45. The fourth-order valence-electron chi connectivity index (χ4n) is 2.69. The van der Waals surface area contributed by atoms with Crippen molar-refractivity contribution >= 4 is 41.4 Å². The highest BCUT2D eigenvalue weighted by atomic mass is 32.2. The van der Waals surface area contributed by atoms with E-state index in [1.54, 1.807) is 11.8 Å². The van der Waals surface area contributed by atoms with Gasteiger partial charge in [-0.25, -0.2) is 0 Å². The van der Waals surface area contributed by atoms with Gasteiger partial charge in [0.05, 0.1) is 19.7 Å². The number of esters is 1. The lowest BCUT2D eigenvalue weighted by molar-refractivity contribution is -0.141. The van der Waals surface area contributed by atoms with Crippen molar-refractivity contribution in [2.45, 2.75) is 44.3 Å². The standard InChI is InChI=1S/C18H31N5O6S/c1-11(16(26)21-9-14(24)20-10-15(25)29-2)22-18(28)13(6-8-30-3)23-17(27)12-5-4-7-19-12/h11-13,19H,4-10H2,1-3H3,(H,20,24)(H,21,26)(H,22,28)(H,23,27)/t11-,12-,13-/m0/s1. The molecule has 0 aliphatic carbocycles. The smallest absolute Gasteiger partial charge is 0.325 e. The number of rotatable bonds is 12. The predicted molar refractivity (Wildman–Crippen MR) is 112 cm³/mol. The van der Waals surface area contributed by atoms with E-state index in [9.17, 15) is 24.0 Å². The SMILES string of the molecule is COC(=O)CNC(=O)CNC(=O)[C@H](C)NC(=O)[C@H](CCSC)NC(=O)[C@@H]1CCCN1. The lowest BCUT2D eigenvalue weighted by atomic mass is 10.1. The van der Waals surface area contributed by atoms with Crippen molar-refractivity contribution in [2.24, 2.45) is 0 Å². The summed E-state index contributed by atoms with van der Waals surface area (Å²) in [6.45, 7) is 1.59. The molecule has 1 rings (SSSR count). The highest BCUT2D eigenvalue weighted by Crippen LogP contribution is 2.07. The number of hydrogen-bond donors (Lipinski definition) is 5. The molecule has 0 spiro atoms. The number of amides is 4. The molecule has 1 fully saturated rings. The summed E-state index contributed by atoms with van der Waals surface area (Å²) >= 11 is 1.55. The van der Waals surface area contributed by atoms with E-state index < -0.39 is 35.8 Å². The zero-order chi connectivity index (χ0) is 22.5. The molecule has 0 bridgehead atoms. The average Bonchev–Trinajstić information content (AvgIpc) is 3.27. The van der Waals surface area contributed by atoms with Crippen molar-refractivity contribution in [1.82, 2.24) is 26.6 Å². The van der Waals surface area contributed by atoms with Crippen LogP contribution in [0.2, 0.25) is 0 Å². The molecule has 0 aromatic heterocycles. The van der Waals surface area contributed by atoms with Crippen LogP contribution in [0.1, 0.15) is 26.2 Å². The van der Waals surface area contributed by atoms with Gasteiger partial charge in [0, 0.05) is 0 Å². The molecule has 3 atom stereocenters. The molecule has 0 unspecified atom stereocenters. The summed E-state index contributed by atoms with van der Waals surface area (Å²) in [6.07, 6.45) is 3.95. The van der Waals surface area contributed by atoms with Crippen LogP contribution >= 0.6 is 11.8 Å². The molecule has 0 aromatic rings. The fraction of sp³-hybridized carbons (Fsp3) is 0.722. The van der Waals surface area contributed by atoms with Crippen LogP contribution in [-0.4, -0.2) is 86.5 Å². The zero-order valence-corrected chi connectivity index (χ0v) is 18.4. The molecule has 11 nitrogen and oxygen atoms in total. The largest absolute Gasteiger partial charge is 0.468 e. The molecule has 170 valence electrons. The number of hydrogen-bond acceptors (Lipinski definition) is 8. The Bertz CT molecular complexity index is 626. The second kappa shape index (κ2) is 13.8. The van der Waals surface area contributed by atoms with Gasteiger partial charge < -0.3 is 31.3 Å². The molecule has 1 saturated heterocycles. The molecule has 4 amide bonds. The average molecular weight is 446 g/mol.